The van der Waals surface area contributed by atoms with Crippen LogP contribution in [0.1, 0.15) is 39.0 Å². The predicted octanol–water partition coefficient (Wildman–Crippen LogP) is 3.51. The summed E-state index contributed by atoms with van der Waals surface area (Å²) in [4.78, 5) is 36.9. The molecule has 2 aromatic rings. The number of hydrogen-bond acceptors (Lipinski definition) is 7. The Hall–Kier alpha value is -2.76. The first-order valence-electron chi connectivity index (χ1n) is 10.8. The van der Waals surface area contributed by atoms with Crippen molar-refractivity contribution >= 4 is 14.0 Å². The number of H-pyrrole nitrogens is 1. The Labute approximate surface area is 192 Å². The molecule has 3 rings (SSSR count). The highest BCUT2D eigenvalue weighted by atomic mass is 28.4. The number of aromatic amines is 1. The summed E-state index contributed by atoms with van der Waals surface area (Å²) < 4.78 is 20.0. The molecule has 1 aromatic heterocycles. The number of rotatable bonds is 7. The number of ether oxygens (including phenoxy) is 2. The average Bonchev–Trinajstić information content (AvgIpc) is 3.11. The highest BCUT2D eigenvalue weighted by molar-refractivity contribution is 6.74. The van der Waals surface area contributed by atoms with Gasteiger partial charge in [-0.25, -0.2) is 4.79 Å². The van der Waals surface area contributed by atoms with Gasteiger partial charge in [0, 0.05) is 30.3 Å². The van der Waals surface area contributed by atoms with Crippen LogP contribution in [0, 0.1) is 17.0 Å². The number of hydrogen-bond donors (Lipinski definition) is 1. The average molecular weight is 478 g/mol. The molecule has 0 amide bonds. The minimum absolute atomic E-state index is 0.00664. The van der Waals surface area contributed by atoms with E-state index in [2.05, 4.69) is 38.8 Å². The van der Waals surface area contributed by atoms with Crippen LogP contribution in [0.25, 0.3) is 0 Å². The van der Waals surface area contributed by atoms with Crippen LogP contribution >= 0.6 is 0 Å². The summed E-state index contributed by atoms with van der Waals surface area (Å²) in [6.45, 7) is 12.6. The first-order chi connectivity index (χ1) is 15.3. The van der Waals surface area contributed by atoms with Gasteiger partial charge in [-0.2, -0.15) is 0 Å². The summed E-state index contributed by atoms with van der Waals surface area (Å²) in [5, 5.41) is 10.9. The Bertz CT molecular complexity index is 1120. The zero-order valence-electron chi connectivity index (χ0n) is 19.8. The van der Waals surface area contributed by atoms with Gasteiger partial charge < -0.3 is 13.9 Å². The van der Waals surface area contributed by atoms with Crippen LogP contribution in [0.15, 0.2) is 40.1 Å². The third kappa shape index (κ3) is 5.60. The molecule has 11 heteroatoms. The largest absolute Gasteiger partial charge is 0.487 e. The predicted molar refractivity (Wildman–Crippen MR) is 125 cm³/mol. The topological polar surface area (TPSA) is 126 Å². The van der Waals surface area contributed by atoms with Crippen LogP contribution in [-0.4, -0.2) is 41.6 Å². The molecule has 1 aromatic carbocycles. The van der Waals surface area contributed by atoms with E-state index in [9.17, 15) is 19.7 Å². The number of non-ortho nitro benzene ring substituents is 1. The minimum Gasteiger partial charge on any atom is -0.487 e. The fraction of sp³-hybridized carbons (Fsp3) is 0.545. The first kappa shape index (κ1) is 24.9. The number of nitrogens with one attached hydrogen (secondary N) is 1. The van der Waals surface area contributed by atoms with E-state index >= 15 is 0 Å². The van der Waals surface area contributed by atoms with Crippen molar-refractivity contribution in [1.82, 2.24) is 9.55 Å². The van der Waals surface area contributed by atoms with Gasteiger partial charge >= 0.3 is 5.69 Å². The van der Waals surface area contributed by atoms with E-state index < -0.39 is 42.9 Å². The van der Waals surface area contributed by atoms with Gasteiger partial charge in [0.05, 0.1) is 11.5 Å². The lowest BCUT2D eigenvalue weighted by atomic mass is 10.2. The van der Waals surface area contributed by atoms with E-state index in [4.69, 9.17) is 13.9 Å². The van der Waals surface area contributed by atoms with Gasteiger partial charge in [-0.3, -0.25) is 24.5 Å². The molecule has 180 valence electrons. The summed E-state index contributed by atoms with van der Waals surface area (Å²) in [5.74, 6) is 0.456. The number of benzene rings is 1. The zero-order valence-corrected chi connectivity index (χ0v) is 20.8. The van der Waals surface area contributed by atoms with Gasteiger partial charge in [-0.1, -0.05) is 20.8 Å². The standard InChI is InChI=1S/C22H31N3O7Si/c1-14-12-24(21(27)23-20(14)26)19-11-17(31-16-9-7-15(8-10-16)25(28)29)18(32-19)13-30-33(5,6)22(2,3)4/h7-10,12,17-19H,11,13H2,1-6H3,(H,23,26,27)/t17-,18+,19+/m0/s1. The van der Waals surface area contributed by atoms with Crippen molar-refractivity contribution in [1.29, 1.82) is 0 Å². The number of nitro benzene ring substituents is 1. The van der Waals surface area contributed by atoms with Crippen LogP contribution in [0.4, 0.5) is 5.69 Å². The summed E-state index contributed by atoms with van der Waals surface area (Å²) in [7, 11) is -2.07. The van der Waals surface area contributed by atoms with Gasteiger partial charge in [-0.15, -0.1) is 0 Å². The summed E-state index contributed by atoms with van der Waals surface area (Å²) in [6.07, 6.45) is 0.239. The first-order valence-corrected chi connectivity index (χ1v) is 13.7. The molecule has 0 aliphatic carbocycles. The van der Waals surface area contributed by atoms with Crippen molar-refractivity contribution in [3.63, 3.8) is 0 Å². The van der Waals surface area contributed by atoms with Crippen molar-refractivity contribution in [2.24, 2.45) is 0 Å². The molecule has 0 unspecified atom stereocenters. The molecule has 1 fully saturated rings. The zero-order chi connectivity index (χ0) is 24.6. The van der Waals surface area contributed by atoms with Crippen LogP contribution in [0.2, 0.25) is 18.1 Å². The summed E-state index contributed by atoms with van der Waals surface area (Å²) >= 11 is 0. The number of aryl methyl sites for hydroxylation is 1. The van der Waals surface area contributed by atoms with Crippen molar-refractivity contribution in [2.75, 3.05) is 6.61 Å². The fourth-order valence-electron chi connectivity index (χ4n) is 3.27. The molecule has 33 heavy (non-hydrogen) atoms. The van der Waals surface area contributed by atoms with Crippen molar-refractivity contribution < 1.29 is 18.8 Å². The summed E-state index contributed by atoms with van der Waals surface area (Å²) in [5.41, 5.74) is -0.635. The Balaban J connectivity index is 1.85. The molecule has 0 spiro atoms. The Kier molecular flexibility index (Phi) is 6.96. The summed E-state index contributed by atoms with van der Waals surface area (Å²) in [6, 6.07) is 5.82. The van der Waals surface area contributed by atoms with Crippen molar-refractivity contribution in [3.05, 3.63) is 67.0 Å². The second-order valence-electron chi connectivity index (χ2n) is 9.82. The third-order valence-corrected chi connectivity index (χ3v) is 10.9. The lowest BCUT2D eigenvalue weighted by Crippen LogP contribution is -2.44. The Morgan fingerprint density at radius 2 is 1.88 bits per heavy atom. The molecule has 3 atom stereocenters. The van der Waals surface area contributed by atoms with Crippen LogP contribution < -0.4 is 16.0 Å². The van der Waals surface area contributed by atoms with Crippen LogP contribution in [-0.2, 0) is 9.16 Å². The molecular weight excluding hydrogens is 446 g/mol. The van der Waals surface area contributed by atoms with Gasteiger partial charge in [0.2, 0.25) is 0 Å². The maximum atomic E-state index is 12.4. The fourth-order valence-corrected chi connectivity index (χ4v) is 4.29. The third-order valence-electron chi connectivity index (χ3n) is 6.39. The van der Waals surface area contributed by atoms with Gasteiger partial charge in [0.25, 0.3) is 11.2 Å². The van der Waals surface area contributed by atoms with Crippen LogP contribution in [0.5, 0.6) is 5.75 Å². The van der Waals surface area contributed by atoms with Crippen molar-refractivity contribution in [2.45, 2.75) is 70.7 Å². The highest BCUT2D eigenvalue weighted by Gasteiger charge is 2.42. The van der Waals surface area contributed by atoms with E-state index in [0.717, 1.165) is 0 Å². The molecule has 0 saturated carbocycles. The molecule has 1 saturated heterocycles. The highest BCUT2D eigenvalue weighted by Crippen LogP contribution is 2.38. The molecular formula is C22H31N3O7Si. The number of nitrogens with zero attached hydrogens (tertiary/aromatic N) is 2. The van der Waals surface area contributed by atoms with E-state index in [1.807, 2.05) is 0 Å². The molecule has 0 radical (unpaired) electrons. The second kappa shape index (κ2) is 9.24. The number of aromatic nitrogens is 2. The lowest BCUT2D eigenvalue weighted by molar-refractivity contribution is -0.384. The smallest absolute Gasteiger partial charge is 0.330 e. The maximum Gasteiger partial charge on any atom is 0.330 e. The van der Waals surface area contributed by atoms with E-state index in [1.54, 1.807) is 6.92 Å². The monoisotopic (exact) mass is 477 g/mol. The van der Waals surface area contributed by atoms with E-state index in [0.29, 0.717) is 17.7 Å². The van der Waals surface area contributed by atoms with Gasteiger partial charge in [-0.05, 0) is 37.2 Å². The quantitative estimate of drug-likeness (QED) is 0.367. The lowest BCUT2D eigenvalue weighted by Gasteiger charge is -2.37. The molecule has 1 N–H and O–H groups in total. The molecule has 10 nitrogen and oxygen atoms in total. The number of nitro groups is 1. The van der Waals surface area contributed by atoms with Gasteiger partial charge in [0.15, 0.2) is 8.32 Å². The SMILES string of the molecule is Cc1cn([C@H]2C[C@H](Oc3ccc([N+](=O)[O-])cc3)[C@@H](CO[Si](C)(C)C(C)(C)C)O2)c(=O)[nH]c1=O. The second-order valence-corrected chi connectivity index (χ2v) is 14.6. The minimum atomic E-state index is -2.07. The maximum absolute atomic E-state index is 12.4. The van der Waals surface area contributed by atoms with Crippen LogP contribution in [0.3, 0.4) is 0 Å². The molecule has 2 heterocycles. The van der Waals surface area contributed by atoms with E-state index in [-0.39, 0.29) is 17.3 Å². The van der Waals surface area contributed by atoms with Crippen molar-refractivity contribution in [3.8, 4) is 5.75 Å². The Morgan fingerprint density at radius 1 is 1.24 bits per heavy atom. The Morgan fingerprint density at radius 3 is 2.45 bits per heavy atom. The molecule has 1 aliphatic rings. The normalized spacial score (nSPS) is 21.2. The van der Waals surface area contributed by atoms with Gasteiger partial charge in [0.1, 0.15) is 24.2 Å². The molecule has 0 bridgehead atoms. The molecule has 1 aliphatic heterocycles. The van der Waals surface area contributed by atoms with E-state index in [1.165, 1.54) is 35.0 Å².